The second-order valence-electron chi connectivity index (χ2n) is 4.68. The summed E-state index contributed by atoms with van der Waals surface area (Å²) in [5.41, 5.74) is 6.93. The lowest BCUT2D eigenvalue weighted by Crippen LogP contribution is -2.42. The SMILES string of the molecule is CC1=NC(C)(c2ccc(N)cc2)CC(=O)N1C. The van der Waals surface area contributed by atoms with Crippen molar-refractivity contribution in [2.45, 2.75) is 25.8 Å². The largest absolute Gasteiger partial charge is 0.399 e. The molecule has 0 bridgehead atoms. The van der Waals surface area contributed by atoms with Gasteiger partial charge in [-0.1, -0.05) is 12.1 Å². The molecular formula is C13H17N3O. The number of benzene rings is 1. The maximum absolute atomic E-state index is 11.9. The van der Waals surface area contributed by atoms with Gasteiger partial charge >= 0.3 is 0 Å². The van der Waals surface area contributed by atoms with E-state index in [0.717, 1.165) is 17.1 Å². The summed E-state index contributed by atoms with van der Waals surface area (Å²) >= 11 is 0. The van der Waals surface area contributed by atoms with Crippen LogP contribution in [0.1, 0.15) is 25.8 Å². The summed E-state index contributed by atoms with van der Waals surface area (Å²) in [6.45, 7) is 3.83. The van der Waals surface area contributed by atoms with E-state index in [1.807, 2.05) is 38.1 Å². The zero-order valence-electron chi connectivity index (χ0n) is 10.4. The highest BCUT2D eigenvalue weighted by atomic mass is 16.2. The number of nitrogens with two attached hydrogens (primary N) is 1. The monoisotopic (exact) mass is 231 g/mol. The molecule has 90 valence electrons. The summed E-state index contributed by atoms with van der Waals surface area (Å²) < 4.78 is 0. The number of hydrogen-bond donors (Lipinski definition) is 1. The summed E-state index contributed by atoms with van der Waals surface area (Å²) in [4.78, 5) is 18.1. The van der Waals surface area contributed by atoms with Crippen LogP contribution in [0.15, 0.2) is 29.3 Å². The lowest BCUT2D eigenvalue weighted by molar-refractivity contribution is -0.128. The molecule has 4 nitrogen and oxygen atoms in total. The molecule has 1 aromatic rings. The van der Waals surface area contributed by atoms with Crippen LogP contribution in [0.5, 0.6) is 0 Å². The standard InChI is InChI=1S/C13H17N3O/c1-9-15-13(2,8-12(17)16(9)3)10-4-6-11(14)7-5-10/h4-7H,8,14H2,1-3H3. The highest BCUT2D eigenvalue weighted by Gasteiger charge is 2.35. The first-order valence-electron chi connectivity index (χ1n) is 5.61. The molecule has 0 spiro atoms. The molecular weight excluding hydrogens is 214 g/mol. The number of nitrogen functional groups attached to an aromatic ring is 1. The van der Waals surface area contributed by atoms with Crippen molar-refractivity contribution in [1.82, 2.24) is 4.90 Å². The zero-order chi connectivity index (χ0) is 12.6. The lowest BCUT2D eigenvalue weighted by atomic mass is 9.87. The van der Waals surface area contributed by atoms with E-state index in [1.54, 1.807) is 11.9 Å². The first-order valence-corrected chi connectivity index (χ1v) is 5.61. The van der Waals surface area contributed by atoms with Gasteiger partial charge in [-0.05, 0) is 31.5 Å². The van der Waals surface area contributed by atoms with Crippen molar-refractivity contribution in [3.8, 4) is 0 Å². The highest BCUT2D eigenvalue weighted by Crippen LogP contribution is 2.33. The van der Waals surface area contributed by atoms with E-state index in [9.17, 15) is 4.79 Å². The molecule has 0 aliphatic carbocycles. The molecule has 17 heavy (non-hydrogen) atoms. The molecule has 2 N–H and O–H groups in total. The van der Waals surface area contributed by atoms with Crippen molar-refractivity contribution in [1.29, 1.82) is 0 Å². The van der Waals surface area contributed by atoms with Gasteiger partial charge in [-0.25, -0.2) is 0 Å². The number of rotatable bonds is 1. The van der Waals surface area contributed by atoms with Crippen LogP contribution in [0.4, 0.5) is 5.69 Å². The fourth-order valence-electron chi connectivity index (χ4n) is 2.07. The molecule has 1 amide bonds. The molecule has 0 saturated heterocycles. The van der Waals surface area contributed by atoms with Crippen molar-refractivity contribution in [3.63, 3.8) is 0 Å². The number of carbonyl (C=O) groups is 1. The Bertz CT molecular complexity index is 478. The molecule has 1 heterocycles. The van der Waals surface area contributed by atoms with E-state index in [2.05, 4.69) is 4.99 Å². The van der Waals surface area contributed by atoms with E-state index in [0.29, 0.717) is 6.42 Å². The Balaban J connectivity index is 2.43. The third kappa shape index (κ3) is 2.02. The number of amidine groups is 1. The number of anilines is 1. The van der Waals surface area contributed by atoms with Crippen molar-refractivity contribution in [2.24, 2.45) is 4.99 Å². The second-order valence-corrected chi connectivity index (χ2v) is 4.68. The highest BCUT2D eigenvalue weighted by molar-refractivity contribution is 5.99. The Morgan fingerprint density at radius 2 is 1.94 bits per heavy atom. The molecule has 1 aliphatic heterocycles. The van der Waals surface area contributed by atoms with Crippen LogP contribution in [0.2, 0.25) is 0 Å². The predicted molar refractivity (Wildman–Crippen MR) is 68.7 cm³/mol. The number of carbonyl (C=O) groups excluding carboxylic acids is 1. The minimum atomic E-state index is -0.471. The minimum Gasteiger partial charge on any atom is -0.399 e. The van der Waals surface area contributed by atoms with Gasteiger partial charge in [0.25, 0.3) is 0 Å². The van der Waals surface area contributed by atoms with E-state index in [-0.39, 0.29) is 5.91 Å². The second kappa shape index (κ2) is 3.87. The van der Waals surface area contributed by atoms with Crippen LogP contribution in [0, 0.1) is 0 Å². The van der Waals surface area contributed by atoms with E-state index in [1.165, 1.54) is 0 Å². The Hall–Kier alpha value is -1.84. The van der Waals surface area contributed by atoms with Crippen molar-refractivity contribution in [2.75, 3.05) is 12.8 Å². The van der Waals surface area contributed by atoms with Crippen molar-refractivity contribution < 1.29 is 4.79 Å². The maximum Gasteiger partial charge on any atom is 0.230 e. The number of hydrogen-bond acceptors (Lipinski definition) is 3. The summed E-state index contributed by atoms with van der Waals surface area (Å²) in [6, 6.07) is 7.55. The minimum absolute atomic E-state index is 0.0943. The first kappa shape index (κ1) is 11.6. The fraction of sp³-hybridized carbons (Fsp3) is 0.385. The summed E-state index contributed by atoms with van der Waals surface area (Å²) in [5.74, 6) is 0.845. The van der Waals surface area contributed by atoms with Gasteiger partial charge in [0.15, 0.2) is 0 Å². The molecule has 1 unspecified atom stereocenters. The van der Waals surface area contributed by atoms with Crippen molar-refractivity contribution in [3.05, 3.63) is 29.8 Å². The van der Waals surface area contributed by atoms with Crippen LogP contribution in [0.25, 0.3) is 0 Å². The zero-order valence-corrected chi connectivity index (χ0v) is 10.4. The van der Waals surface area contributed by atoms with Crippen LogP contribution in [-0.4, -0.2) is 23.7 Å². The summed E-state index contributed by atoms with van der Waals surface area (Å²) in [6.07, 6.45) is 0.394. The third-order valence-corrected chi connectivity index (χ3v) is 3.30. The van der Waals surface area contributed by atoms with Gasteiger partial charge in [-0.3, -0.25) is 9.79 Å². The van der Waals surface area contributed by atoms with E-state index in [4.69, 9.17) is 5.73 Å². The summed E-state index contributed by atoms with van der Waals surface area (Å²) in [5, 5.41) is 0. The van der Waals surface area contributed by atoms with Gasteiger partial charge in [0.2, 0.25) is 5.91 Å². The van der Waals surface area contributed by atoms with E-state index >= 15 is 0 Å². The Kier molecular flexibility index (Phi) is 2.65. The Morgan fingerprint density at radius 3 is 2.47 bits per heavy atom. The predicted octanol–water partition coefficient (Wildman–Crippen LogP) is 1.76. The van der Waals surface area contributed by atoms with Gasteiger partial charge in [-0.2, -0.15) is 0 Å². The number of amides is 1. The molecule has 4 heteroatoms. The normalized spacial score (nSPS) is 24.8. The molecule has 0 saturated carbocycles. The first-order chi connectivity index (χ1) is 7.92. The Morgan fingerprint density at radius 1 is 1.35 bits per heavy atom. The number of aliphatic imine (C=N–C) groups is 1. The van der Waals surface area contributed by atoms with Crippen LogP contribution in [-0.2, 0) is 10.3 Å². The summed E-state index contributed by atoms with van der Waals surface area (Å²) in [7, 11) is 1.75. The van der Waals surface area contributed by atoms with Crippen LogP contribution >= 0.6 is 0 Å². The molecule has 0 aromatic heterocycles. The maximum atomic E-state index is 11.9. The Labute approximate surface area is 101 Å². The molecule has 2 rings (SSSR count). The fourth-order valence-corrected chi connectivity index (χ4v) is 2.07. The average molecular weight is 231 g/mol. The van der Waals surface area contributed by atoms with Crippen LogP contribution < -0.4 is 5.73 Å². The van der Waals surface area contributed by atoms with Crippen LogP contribution in [0.3, 0.4) is 0 Å². The van der Waals surface area contributed by atoms with Gasteiger partial charge in [0, 0.05) is 12.7 Å². The molecule has 1 atom stereocenters. The third-order valence-electron chi connectivity index (χ3n) is 3.30. The lowest BCUT2D eigenvalue weighted by Gasteiger charge is -2.34. The molecule has 0 radical (unpaired) electrons. The quantitative estimate of drug-likeness (QED) is 0.749. The van der Waals surface area contributed by atoms with Gasteiger partial charge in [0.1, 0.15) is 5.84 Å². The van der Waals surface area contributed by atoms with Crippen molar-refractivity contribution >= 4 is 17.4 Å². The van der Waals surface area contributed by atoms with Gasteiger partial charge in [-0.15, -0.1) is 0 Å². The number of nitrogens with zero attached hydrogens (tertiary/aromatic N) is 2. The van der Waals surface area contributed by atoms with E-state index < -0.39 is 5.54 Å². The van der Waals surface area contributed by atoms with Gasteiger partial charge < -0.3 is 10.6 Å². The van der Waals surface area contributed by atoms with Gasteiger partial charge in [0.05, 0.1) is 12.0 Å². The molecule has 0 fully saturated rings. The smallest absolute Gasteiger partial charge is 0.230 e. The average Bonchev–Trinajstić information content (AvgIpc) is 2.26. The topological polar surface area (TPSA) is 58.7 Å². The molecule has 1 aromatic carbocycles. The molecule has 1 aliphatic rings.